The van der Waals surface area contributed by atoms with Crippen LogP contribution in [0.3, 0.4) is 0 Å². The highest BCUT2D eigenvalue weighted by atomic mass is 16.3. The van der Waals surface area contributed by atoms with Gasteiger partial charge in [0, 0.05) is 12.1 Å². The van der Waals surface area contributed by atoms with Crippen molar-refractivity contribution >= 4 is 0 Å². The SMILES string of the molecule is Cc1ccc(-c2[nH]ncc2CNCCC(C)(C)C)o1. The number of hydrogen-bond donors (Lipinski definition) is 2. The van der Waals surface area contributed by atoms with Gasteiger partial charge in [0.1, 0.15) is 11.5 Å². The molecule has 0 aliphatic heterocycles. The summed E-state index contributed by atoms with van der Waals surface area (Å²) in [6.07, 6.45) is 3.01. The minimum absolute atomic E-state index is 0.365. The molecule has 0 aliphatic rings. The van der Waals surface area contributed by atoms with Crippen LogP contribution in [-0.2, 0) is 6.54 Å². The zero-order valence-corrected chi connectivity index (χ0v) is 12.2. The van der Waals surface area contributed by atoms with E-state index in [0.717, 1.165) is 42.3 Å². The topological polar surface area (TPSA) is 53.9 Å². The lowest BCUT2D eigenvalue weighted by atomic mass is 9.92. The Morgan fingerprint density at radius 3 is 2.74 bits per heavy atom. The molecule has 0 radical (unpaired) electrons. The number of H-pyrrole nitrogens is 1. The maximum Gasteiger partial charge on any atom is 0.152 e. The van der Waals surface area contributed by atoms with Gasteiger partial charge in [-0.25, -0.2) is 0 Å². The molecule has 2 rings (SSSR count). The average Bonchev–Trinajstić information content (AvgIpc) is 2.91. The summed E-state index contributed by atoms with van der Waals surface area (Å²) < 4.78 is 5.63. The summed E-state index contributed by atoms with van der Waals surface area (Å²) >= 11 is 0. The van der Waals surface area contributed by atoms with Crippen LogP contribution in [0.4, 0.5) is 0 Å². The Bertz CT molecular complexity index is 519. The van der Waals surface area contributed by atoms with Gasteiger partial charge in [0.25, 0.3) is 0 Å². The van der Waals surface area contributed by atoms with Gasteiger partial charge in [0.15, 0.2) is 5.76 Å². The van der Waals surface area contributed by atoms with Crippen LogP contribution in [-0.4, -0.2) is 16.7 Å². The lowest BCUT2D eigenvalue weighted by Crippen LogP contribution is -2.20. The van der Waals surface area contributed by atoms with Crippen LogP contribution in [0.1, 0.15) is 38.5 Å². The molecular weight excluding hydrogens is 238 g/mol. The van der Waals surface area contributed by atoms with Crippen LogP contribution in [0.25, 0.3) is 11.5 Å². The summed E-state index contributed by atoms with van der Waals surface area (Å²) in [6, 6.07) is 3.94. The van der Waals surface area contributed by atoms with Crippen molar-refractivity contribution in [2.75, 3.05) is 6.54 Å². The quantitative estimate of drug-likeness (QED) is 0.810. The number of aryl methyl sites for hydroxylation is 1. The van der Waals surface area contributed by atoms with Crippen LogP contribution in [0.15, 0.2) is 22.7 Å². The van der Waals surface area contributed by atoms with Crippen molar-refractivity contribution in [3.8, 4) is 11.5 Å². The number of aromatic amines is 1. The molecule has 104 valence electrons. The Hall–Kier alpha value is -1.55. The largest absolute Gasteiger partial charge is 0.460 e. The van der Waals surface area contributed by atoms with E-state index in [9.17, 15) is 0 Å². The van der Waals surface area contributed by atoms with E-state index in [4.69, 9.17) is 4.42 Å². The minimum atomic E-state index is 0.365. The van der Waals surface area contributed by atoms with Crippen LogP contribution in [0.5, 0.6) is 0 Å². The van der Waals surface area contributed by atoms with Crippen LogP contribution < -0.4 is 5.32 Å². The number of hydrogen-bond acceptors (Lipinski definition) is 3. The van der Waals surface area contributed by atoms with Crippen molar-refractivity contribution in [1.29, 1.82) is 0 Å². The van der Waals surface area contributed by atoms with E-state index < -0.39 is 0 Å². The van der Waals surface area contributed by atoms with Gasteiger partial charge in [-0.1, -0.05) is 20.8 Å². The maximum absolute atomic E-state index is 5.63. The number of nitrogens with one attached hydrogen (secondary N) is 2. The van der Waals surface area contributed by atoms with Crippen LogP contribution in [0.2, 0.25) is 0 Å². The number of furan rings is 1. The van der Waals surface area contributed by atoms with E-state index in [1.165, 1.54) is 0 Å². The molecule has 0 unspecified atom stereocenters. The van der Waals surface area contributed by atoms with Crippen molar-refractivity contribution < 1.29 is 4.42 Å². The highest BCUT2D eigenvalue weighted by molar-refractivity contribution is 5.56. The third-order valence-corrected chi connectivity index (χ3v) is 3.07. The second-order valence-corrected chi connectivity index (χ2v) is 6.17. The van der Waals surface area contributed by atoms with Crippen molar-refractivity contribution in [2.24, 2.45) is 5.41 Å². The molecule has 0 saturated heterocycles. The highest BCUT2D eigenvalue weighted by Crippen LogP contribution is 2.23. The Morgan fingerprint density at radius 2 is 2.11 bits per heavy atom. The summed E-state index contributed by atoms with van der Waals surface area (Å²) in [4.78, 5) is 0. The number of aromatic nitrogens is 2. The molecule has 2 aromatic heterocycles. The standard InChI is InChI=1S/C15H23N3O/c1-11-5-6-13(19-11)14-12(10-17-18-14)9-16-8-7-15(2,3)4/h5-6,10,16H,7-9H2,1-4H3,(H,17,18). The first-order valence-corrected chi connectivity index (χ1v) is 6.75. The van der Waals surface area contributed by atoms with Crippen LogP contribution in [0, 0.1) is 12.3 Å². The summed E-state index contributed by atoms with van der Waals surface area (Å²) in [7, 11) is 0. The molecular formula is C15H23N3O. The predicted octanol–water partition coefficient (Wildman–Crippen LogP) is 3.50. The molecule has 2 N–H and O–H groups in total. The number of nitrogens with zero attached hydrogens (tertiary/aromatic N) is 1. The normalized spacial score (nSPS) is 12.0. The second-order valence-electron chi connectivity index (χ2n) is 6.17. The molecule has 0 fully saturated rings. The van der Waals surface area contributed by atoms with E-state index in [-0.39, 0.29) is 0 Å². The highest BCUT2D eigenvalue weighted by Gasteiger charge is 2.12. The fraction of sp³-hybridized carbons (Fsp3) is 0.533. The molecule has 2 heterocycles. The lowest BCUT2D eigenvalue weighted by molar-refractivity contribution is 0.366. The summed E-state index contributed by atoms with van der Waals surface area (Å²) in [5.74, 6) is 1.76. The minimum Gasteiger partial charge on any atom is -0.460 e. The van der Waals surface area contributed by atoms with Gasteiger partial charge >= 0.3 is 0 Å². The second kappa shape index (κ2) is 5.61. The zero-order chi connectivity index (χ0) is 13.9. The summed E-state index contributed by atoms with van der Waals surface area (Å²) in [6.45, 7) is 10.5. The lowest BCUT2D eigenvalue weighted by Gasteiger charge is -2.17. The third kappa shape index (κ3) is 3.96. The molecule has 0 saturated carbocycles. The Balaban J connectivity index is 1.93. The Morgan fingerprint density at radius 1 is 1.32 bits per heavy atom. The zero-order valence-electron chi connectivity index (χ0n) is 12.2. The summed E-state index contributed by atoms with van der Waals surface area (Å²) in [5, 5.41) is 10.6. The molecule has 4 nitrogen and oxygen atoms in total. The van der Waals surface area contributed by atoms with Gasteiger partial charge in [-0.2, -0.15) is 5.10 Å². The fourth-order valence-electron chi connectivity index (χ4n) is 1.91. The summed E-state index contributed by atoms with van der Waals surface area (Å²) in [5.41, 5.74) is 2.48. The van der Waals surface area contributed by atoms with Gasteiger partial charge in [0.2, 0.25) is 0 Å². The smallest absolute Gasteiger partial charge is 0.152 e. The van der Waals surface area contributed by atoms with Crippen molar-refractivity contribution in [3.05, 3.63) is 29.7 Å². The molecule has 0 bridgehead atoms. The first-order chi connectivity index (χ1) is 8.96. The van der Waals surface area contributed by atoms with Gasteiger partial charge in [-0.15, -0.1) is 0 Å². The van der Waals surface area contributed by atoms with Gasteiger partial charge in [-0.3, -0.25) is 5.10 Å². The Kier molecular flexibility index (Phi) is 4.10. The number of rotatable bonds is 5. The van der Waals surface area contributed by atoms with E-state index in [1.807, 2.05) is 25.3 Å². The van der Waals surface area contributed by atoms with Crippen LogP contribution >= 0.6 is 0 Å². The molecule has 19 heavy (non-hydrogen) atoms. The predicted molar refractivity (Wildman–Crippen MR) is 76.8 cm³/mol. The molecule has 4 heteroatoms. The van der Waals surface area contributed by atoms with Gasteiger partial charge < -0.3 is 9.73 Å². The molecule has 0 atom stereocenters. The third-order valence-electron chi connectivity index (χ3n) is 3.07. The molecule has 0 amide bonds. The van der Waals surface area contributed by atoms with Crippen molar-refractivity contribution in [3.63, 3.8) is 0 Å². The van der Waals surface area contributed by atoms with Gasteiger partial charge in [-0.05, 0) is 37.4 Å². The average molecular weight is 261 g/mol. The van der Waals surface area contributed by atoms with E-state index in [0.29, 0.717) is 5.41 Å². The monoisotopic (exact) mass is 261 g/mol. The van der Waals surface area contributed by atoms with Crippen molar-refractivity contribution in [1.82, 2.24) is 15.5 Å². The molecule has 2 aromatic rings. The molecule has 0 spiro atoms. The van der Waals surface area contributed by atoms with E-state index in [2.05, 4.69) is 36.3 Å². The van der Waals surface area contributed by atoms with E-state index in [1.54, 1.807) is 0 Å². The van der Waals surface area contributed by atoms with Gasteiger partial charge in [0.05, 0.1) is 6.20 Å². The first-order valence-electron chi connectivity index (χ1n) is 6.75. The first kappa shape index (κ1) is 13.9. The molecule has 0 aromatic carbocycles. The molecule has 0 aliphatic carbocycles. The Labute approximate surface area is 114 Å². The maximum atomic E-state index is 5.63. The van der Waals surface area contributed by atoms with E-state index >= 15 is 0 Å². The fourth-order valence-corrected chi connectivity index (χ4v) is 1.91. The van der Waals surface area contributed by atoms with Crippen molar-refractivity contribution in [2.45, 2.75) is 40.7 Å².